The fraction of sp³-hybridized carbons (Fsp3) is 0.391. The van der Waals surface area contributed by atoms with E-state index in [2.05, 4.69) is 10.5 Å². The van der Waals surface area contributed by atoms with Crippen LogP contribution in [0.15, 0.2) is 47.6 Å². The normalized spacial score (nSPS) is 21.4. The van der Waals surface area contributed by atoms with Gasteiger partial charge in [0, 0.05) is 18.1 Å². The molecule has 0 spiro atoms. The maximum absolute atomic E-state index is 14.5. The maximum Gasteiger partial charge on any atom is 0.399 e. The summed E-state index contributed by atoms with van der Waals surface area (Å²) in [7, 11) is 1.47. The summed E-state index contributed by atoms with van der Waals surface area (Å²) in [6, 6.07) is 9.26. The van der Waals surface area contributed by atoms with Crippen molar-refractivity contribution in [2.75, 3.05) is 25.2 Å². The lowest BCUT2D eigenvalue weighted by molar-refractivity contribution is -0.160. The van der Waals surface area contributed by atoms with Gasteiger partial charge in [0.15, 0.2) is 0 Å². The van der Waals surface area contributed by atoms with Crippen LogP contribution in [-0.4, -0.2) is 43.0 Å². The van der Waals surface area contributed by atoms with Crippen LogP contribution >= 0.6 is 23.2 Å². The third kappa shape index (κ3) is 5.11. The molecule has 1 fully saturated rings. The van der Waals surface area contributed by atoms with Crippen LogP contribution in [0.5, 0.6) is 5.75 Å². The van der Waals surface area contributed by atoms with E-state index < -0.39 is 29.8 Å². The Kier molecular flexibility index (Phi) is 7.25. The summed E-state index contributed by atoms with van der Waals surface area (Å²) in [5.74, 6) is -2.57. The summed E-state index contributed by atoms with van der Waals surface area (Å²) < 4.78 is 48.7. The molecule has 0 saturated carbocycles. The van der Waals surface area contributed by atoms with Crippen LogP contribution in [0, 0.1) is 5.92 Å². The number of methoxy groups -OCH3 is 1. The molecule has 2 aromatic carbocycles. The number of piperidine rings is 1. The summed E-state index contributed by atoms with van der Waals surface area (Å²) in [4.78, 5) is 13.1. The summed E-state index contributed by atoms with van der Waals surface area (Å²) >= 11 is 12.3. The first-order chi connectivity index (χ1) is 16.2. The molecule has 1 saturated heterocycles. The standard InChI is InChI=1S/C23H23Cl2F3N4O2/c1-34-16-8-5-14(6-9-16)21-19(23(26,27)28)20(22(33)30-31-11-3-2-4-12-31)29-32(21)18-10-7-15(24)13-17(18)25/h5-10,13,19,21H,2-4,11-12H2,1H3,(H,30,33)/t19-,21+/m1/s1. The van der Waals surface area contributed by atoms with Crippen molar-refractivity contribution in [3.8, 4) is 5.75 Å². The molecule has 0 aliphatic carbocycles. The molecule has 182 valence electrons. The Balaban J connectivity index is 1.79. The lowest BCUT2D eigenvalue weighted by Gasteiger charge is -2.30. The molecule has 2 aromatic rings. The number of rotatable bonds is 5. The number of alkyl halides is 3. The van der Waals surface area contributed by atoms with Gasteiger partial charge in [-0.25, -0.2) is 5.01 Å². The van der Waals surface area contributed by atoms with Crippen LogP contribution in [0.1, 0.15) is 30.9 Å². The summed E-state index contributed by atoms with van der Waals surface area (Å²) in [6.45, 7) is 1.15. The van der Waals surface area contributed by atoms with E-state index in [-0.39, 0.29) is 10.7 Å². The van der Waals surface area contributed by atoms with E-state index in [0.717, 1.165) is 24.3 Å². The molecule has 2 heterocycles. The zero-order valence-electron chi connectivity index (χ0n) is 18.3. The predicted molar refractivity (Wildman–Crippen MR) is 125 cm³/mol. The quantitative estimate of drug-likeness (QED) is 0.562. The third-order valence-electron chi connectivity index (χ3n) is 5.90. The van der Waals surface area contributed by atoms with Crippen molar-refractivity contribution in [2.24, 2.45) is 11.0 Å². The van der Waals surface area contributed by atoms with Crippen LogP contribution < -0.4 is 15.2 Å². The number of hydrogen-bond acceptors (Lipinski definition) is 5. The molecule has 0 aromatic heterocycles. The number of amides is 1. The molecule has 0 bridgehead atoms. The van der Waals surface area contributed by atoms with Crippen LogP contribution in [-0.2, 0) is 4.79 Å². The van der Waals surface area contributed by atoms with Crippen molar-refractivity contribution >= 4 is 40.5 Å². The van der Waals surface area contributed by atoms with Gasteiger partial charge in [-0.05, 0) is 48.7 Å². The van der Waals surface area contributed by atoms with Gasteiger partial charge >= 0.3 is 6.18 Å². The minimum Gasteiger partial charge on any atom is -0.497 e. The van der Waals surface area contributed by atoms with Crippen molar-refractivity contribution in [3.63, 3.8) is 0 Å². The van der Waals surface area contributed by atoms with Gasteiger partial charge < -0.3 is 4.74 Å². The molecule has 11 heteroatoms. The molecule has 0 unspecified atom stereocenters. The Morgan fingerprint density at radius 1 is 1.09 bits per heavy atom. The second-order valence-electron chi connectivity index (χ2n) is 8.15. The average molecular weight is 515 g/mol. The fourth-order valence-electron chi connectivity index (χ4n) is 4.26. The fourth-order valence-corrected chi connectivity index (χ4v) is 4.76. The molecule has 2 aliphatic rings. The zero-order valence-corrected chi connectivity index (χ0v) is 19.8. The van der Waals surface area contributed by atoms with Crippen molar-refractivity contribution in [2.45, 2.75) is 31.5 Å². The smallest absolute Gasteiger partial charge is 0.399 e. The Morgan fingerprint density at radius 2 is 1.76 bits per heavy atom. The SMILES string of the molecule is COc1ccc([C@H]2[C@H](C(F)(F)F)C(C(=O)NN3CCCCC3)=NN2c2ccc(Cl)cc2Cl)cc1. The number of hydrazone groups is 1. The van der Waals surface area contributed by atoms with Crippen LogP contribution in [0.4, 0.5) is 18.9 Å². The van der Waals surface area contributed by atoms with E-state index in [1.807, 2.05) is 0 Å². The Morgan fingerprint density at radius 3 is 2.35 bits per heavy atom. The number of carbonyl (C=O) groups excluding carboxylic acids is 1. The third-order valence-corrected chi connectivity index (χ3v) is 6.44. The summed E-state index contributed by atoms with van der Waals surface area (Å²) in [5, 5.41) is 7.44. The summed E-state index contributed by atoms with van der Waals surface area (Å²) in [5.41, 5.74) is 2.51. The molecule has 2 atom stereocenters. The van der Waals surface area contributed by atoms with Gasteiger partial charge in [0.25, 0.3) is 5.91 Å². The number of nitrogens with one attached hydrogen (secondary N) is 1. The van der Waals surface area contributed by atoms with E-state index in [1.54, 1.807) is 17.1 Å². The number of anilines is 1. The van der Waals surface area contributed by atoms with E-state index >= 15 is 0 Å². The van der Waals surface area contributed by atoms with E-state index in [0.29, 0.717) is 29.4 Å². The van der Waals surface area contributed by atoms with E-state index in [1.165, 1.54) is 37.4 Å². The topological polar surface area (TPSA) is 57.2 Å². The molecular formula is C23H23Cl2F3N4O2. The zero-order chi connectivity index (χ0) is 24.5. The number of hydrazine groups is 1. The van der Waals surface area contributed by atoms with Crippen molar-refractivity contribution in [1.82, 2.24) is 10.4 Å². The molecule has 2 aliphatic heterocycles. The lowest BCUT2D eigenvalue weighted by Crippen LogP contribution is -2.50. The number of carbonyl (C=O) groups is 1. The summed E-state index contributed by atoms with van der Waals surface area (Å²) in [6.07, 6.45) is -2.02. The highest BCUT2D eigenvalue weighted by Gasteiger charge is 2.56. The molecule has 4 rings (SSSR count). The van der Waals surface area contributed by atoms with Gasteiger partial charge in [0.05, 0.1) is 23.9 Å². The molecule has 34 heavy (non-hydrogen) atoms. The number of benzene rings is 2. The molecule has 6 nitrogen and oxygen atoms in total. The Bertz CT molecular complexity index is 1070. The van der Waals surface area contributed by atoms with Crippen LogP contribution in [0.25, 0.3) is 0 Å². The van der Waals surface area contributed by atoms with Crippen LogP contribution in [0.2, 0.25) is 10.0 Å². The monoisotopic (exact) mass is 514 g/mol. The maximum atomic E-state index is 14.5. The number of ether oxygens (including phenoxy) is 1. The molecular weight excluding hydrogens is 492 g/mol. The van der Waals surface area contributed by atoms with Gasteiger partial charge in [-0.2, -0.15) is 18.3 Å². The Labute approximate surface area is 205 Å². The number of hydrogen-bond donors (Lipinski definition) is 1. The molecule has 0 radical (unpaired) electrons. The largest absolute Gasteiger partial charge is 0.497 e. The second-order valence-corrected chi connectivity index (χ2v) is 9.00. The number of nitrogens with zero attached hydrogens (tertiary/aromatic N) is 3. The van der Waals surface area contributed by atoms with Crippen molar-refractivity contribution < 1.29 is 22.7 Å². The first-order valence-corrected chi connectivity index (χ1v) is 11.5. The van der Waals surface area contributed by atoms with Crippen LogP contribution in [0.3, 0.4) is 0 Å². The highest BCUT2D eigenvalue weighted by molar-refractivity contribution is 6.41. The Hall–Kier alpha value is -2.49. The highest BCUT2D eigenvalue weighted by atomic mass is 35.5. The van der Waals surface area contributed by atoms with Gasteiger partial charge in [0.2, 0.25) is 0 Å². The number of halogens is 5. The predicted octanol–water partition coefficient (Wildman–Crippen LogP) is 5.61. The lowest BCUT2D eigenvalue weighted by atomic mass is 9.88. The van der Waals surface area contributed by atoms with Crippen molar-refractivity contribution in [3.05, 3.63) is 58.1 Å². The molecule has 1 amide bonds. The van der Waals surface area contributed by atoms with E-state index in [4.69, 9.17) is 27.9 Å². The minimum absolute atomic E-state index is 0.119. The van der Waals surface area contributed by atoms with Gasteiger partial charge in [-0.3, -0.25) is 15.2 Å². The average Bonchev–Trinajstić information content (AvgIpc) is 3.21. The van der Waals surface area contributed by atoms with Gasteiger partial charge in [-0.1, -0.05) is 41.8 Å². The van der Waals surface area contributed by atoms with Gasteiger partial charge in [0.1, 0.15) is 17.4 Å². The van der Waals surface area contributed by atoms with Crippen molar-refractivity contribution in [1.29, 1.82) is 0 Å². The minimum atomic E-state index is -4.75. The highest BCUT2D eigenvalue weighted by Crippen LogP contribution is 2.48. The first kappa shape index (κ1) is 24.6. The molecule has 1 N–H and O–H groups in total. The van der Waals surface area contributed by atoms with E-state index in [9.17, 15) is 18.0 Å². The second kappa shape index (κ2) is 10.0. The first-order valence-electron chi connectivity index (χ1n) is 10.8. The van der Waals surface area contributed by atoms with Gasteiger partial charge in [-0.15, -0.1) is 0 Å².